The molecule has 3 aromatic rings. The molecule has 0 spiro atoms. The molecule has 0 saturated carbocycles. The molecule has 1 aliphatic heterocycles. The van der Waals surface area contributed by atoms with Gasteiger partial charge in [0.25, 0.3) is 5.91 Å². The Labute approximate surface area is 187 Å². The molecule has 0 bridgehead atoms. The Kier molecular flexibility index (Phi) is 5.14. The van der Waals surface area contributed by atoms with Gasteiger partial charge >= 0.3 is 0 Å². The molecule has 1 unspecified atom stereocenters. The molecule has 2 aromatic heterocycles. The zero-order valence-electron chi connectivity index (χ0n) is 20.4. The first-order chi connectivity index (χ1) is 16.6. The number of aromatic nitrogens is 4. The van der Waals surface area contributed by atoms with Crippen molar-refractivity contribution in [3.8, 4) is 23.0 Å². The maximum atomic E-state index is 15.1. The van der Waals surface area contributed by atoms with E-state index in [4.69, 9.17) is 18.3 Å². The average molecular weight is 445 g/mol. The van der Waals surface area contributed by atoms with E-state index in [2.05, 4.69) is 20.4 Å². The number of anilines is 2. The van der Waals surface area contributed by atoms with Gasteiger partial charge < -0.3 is 24.8 Å². The minimum Gasteiger partial charge on any atom is -0.494 e. The smallest absolute Gasteiger partial charge is 0.257 e. The molecule has 2 N–H and O–H groups in total. The van der Waals surface area contributed by atoms with Crippen LogP contribution in [0.2, 0.25) is 0 Å². The van der Waals surface area contributed by atoms with Crippen molar-refractivity contribution in [2.45, 2.75) is 12.5 Å². The molecule has 1 saturated heterocycles. The zero-order chi connectivity index (χ0) is 25.2. The molecule has 4 rings (SSSR count). The van der Waals surface area contributed by atoms with Crippen molar-refractivity contribution in [3.05, 3.63) is 42.1 Å². The molecule has 1 fully saturated rings. The lowest BCUT2D eigenvalue weighted by atomic mass is 10.1. The van der Waals surface area contributed by atoms with Gasteiger partial charge in [-0.2, -0.15) is 14.5 Å². The number of halogens is 1. The van der Waals surface area contributed by atoms with Crippen LogP contribution in [0.25, 0.3) is 11.4 Å². The topological polar surface area (TPSA) is 112 Å². The maximum Gasteiger partial charge on any atom is 0.257 e. The number of aryl methyl sites for hydroxylation is 1. The van der Waals surface area contributed by atoms with Crippen LogP contribution in [0.1, 0.15) is 20.9 Å². The fraction of sp³-hybridized carbons (Fsp3) is 0.333. The highest BCUT2D eigenvalue weighted by Gasteiger charge is 2.24. The summed E-state index contributed by atoms with van der Waals surface area (Å²) >= 11 is 0. The van der Waals surface area contributed by atoms with Crippen molar-refractivity contribution in [2.75, 3.05) is 32.6 Å². The Morgan fingerprint density at radius 2 is 2.28 bits per heavy atom. The van der Waals surface area contributed by atoms with Gasteiger partial charge in [0.2, 0.25) is 11.8 Å². The Morgan fingerprint density at radius 1 is 1.41 bits per heavy atom. The number of methoxy groups -OCH3 is 1. The van der Waals surface area contributed by atoms with Gasteiger partial charge in [-0.05, 0) is 12.1 Å². The predicted octanol–water partition coefficient (Wildman–Crippen LogP) is 2.30. The lowest BCUT2D eigenvalue weighted by Crippen LogP contribution is -2.23. The van der Waals surface area contributed by atoms with Crippen molar-refractivity contribution in [1.82, 2.24) is 25.1 Å². The number of hydrogen-bond acceptors (Lipinski definition) is 8. The van der Waals surface area contributed by atoms with E-state index < -0.39 is 24.4 Å². The lowest BCUT2D eigenvalue weighted by Gasteiger charge is -2.18. The number of rotatable bonds is 7. The SMILES string of the molecule is [2H]C([2H])([2H])NC(=O)c1c(Nc2cccc(-c3ncn(C)n3)c2OC)cc(OC2CCOC2)nc1F. The second-order valence-electron chi connectivity index (χ2n) is 6.98. The summed E-state index contributed by atoms with van der Waals surface area (Å²) in [6.07, 6.45) is 1.80. The number of carbonyl (C=O) groups excluding carboxylic acids is 1. The van der Waals surface area contributed by atoms with Gasteiger partial charge in [0.1, 0.15) is 18.0 Å². The van der Waals surface area contributed by atoms with Crippen LogP contribution in [0.5, 0.6) is 11.6 Å². The fourth-order valence-corrected chi connectivity index (χ4v) is 3.34. The molecule has 0 radical (unpaired) electrons. The Balaban J connectivity index is 1.76. The summed E-state index contributed by atoms with van der Waals surface area (Å²) in [5, 5.41) is 9.03. The quantitative estimate of drug-likeness (QED) is 0.533. The van der Waals surface area contributed by atoms with Crippen LogP contribution in [0.15, 0.2) is 30.6 Å². The van der Waals surface area contributed by atoms with Crippen LogP contribution in [-0.4, -0.2) is 59.1 Å². The highest BCUT2D eigenvalue weighted by atomic mass is 19.1. The molecular formula is C21H23FN6O4. The monoisotopic (exact) mass is 445 g/mol. The summed E-state index contributed by atoms with van der Waals surface area (Å²) in [5.41, 5.74) is 0.221. The number of ether oxygens (including phenoxy) is 3. The van der Waals surface area contributed by atoms with E-state index >= 15 is 4.39 Å². The molecule has 1 aromatic carbocycles. The van der Waals surface area contributed by atoms with Crippen molar-refractivity contribution in [1.29, 1.82) is 0 Å². The van der Waals surface area contributed by atoms with E-state index in [-0.39, 0.29) is 17.7 Å². The van der Waals surface area contributed by atoms with Crippen molar-refractivity contribution < 1.29 is 27.5 Å². The average Bonchev–Trinajstić information content (AvgIpc) is 3.43. The Morgan fingerprint density at radius 3 is 2.97 bits per heavy atom. The van der Waals surface area contributed by atoms with Crippen LogP contribution in [-0.2, 0) is 11.8 Å². The molecular weight excluding hydrogens is 419 g/mol. The number of para-hydroxylation sites is 1. The minimum atomic E-state index is -2.83. The van der Waals surface area contributed by atoms with Crippen LogP contribution in [0, 0.1) is 5.95 Å². The number of carbonyl (C=O) groups is 1. The van der Waals surface area contributed by atoms with Gasteiger partial charge in [-0.15, -0.1) is 0 Å². The van der Waals surface area contributed by atoms with Crippen LogP contribution >= 0.6 is 0 Å². The summed E-state index contributed by atoms with van der Waals surface area (Å²) in [4.78, 5) is 20.6. The third kappa shape index (κ3) is 4.33. The first-order valence-corrected chi connectivity index (χ1v) is 9.72. The van der Waals surface area contributed by atoms with Crippen LogP contribution in [0.3, 0.4) is 0 Å². The normalized spacial score (nSPS) is 17.2. The van der Waals surface area contributed by atoms with Crippen molar-refractivity contribution in [2.24, 2.45) is 7.05 Å². The van der Waals surface area contributed by atoms with Gasteiger partial charge in [-0.25, -0.2) is 4.98 Å². The second-order valence-corrected chi connectivity index (χ2v) is 6.98. The first kappa shape index (κ1) is 17.9. The van der Waals surface area contributed by atoms with Gasteiger partial charge in [-0.3, -0.25) is 9.48 Å². The number of nitrogens with zero attached hydrogens (tertiary/aromatic N) is 4. The summed E-state index contributed by atoms with van der Waals surface area (Å²) in [7, 11) is 3.16. The number of pyridine rings is 1. The molecule has 168 valence electrons. The largest absolute Gasteiger partial charge is 0.494 e. The van der Waals surface area contributed by atoms with E-state index in [9.17, 15) is 4.79 Å². The predicted molar refractivity (Wildman–Crippen MR) is 114 cm³/mol. The van der Waals surface area contributed by atoms with Crippen molar-refractivity contribution >= 4 is 17.3 Å². The minimum absolute atomic E-state index is 0.0717. The molecule has 3 heterocycles. The molecule has 1 amide bonds. The van der Waals surface area contributed by atoms with Gasteiger partial charge in [0.15, 0.2) is 11.6 Å². The lowest BCUT2D eigenvalue weighted by molar-refractivity contribution is 0.0958. The van der Waals surface area contributed by atoms with Gasteiger partial charge in [0, 0.05) is 30.6 Å². The highest BCUT2D eigenvalue weighted by molar-refractivity contribution is 6.00. The van der Waals surface area contributed by atoms with E-state index in [1.807, 2.05) is 0 Å². The zero-order valence-corrected chi connectivity index (χ0v) is 17.4. The summed E-state index contributed by atoms with van der Waals surface area (Å²) < 4.78 is 55.1. The fourth-order valence-electron chi connectivity index (χ4n) is 3.34. The number of nitrogens with one attached hydrogen (secondary N) is 2. The maximum absolute atomic E-state index is 15.1. The molecule has 11 heteroatoms. The number of amides is 1. The molecule has 32 heavy (non-hydrogen) atoms. The van der Waals surface area contributed by atoms with Crippen LogP contribution < -0.4 is 20.1 Å². The summed E-state index contributed by atoms with van der Waals surface area (Å²) in [5.74, 6) is -1.75. The summed E-state index contributed by atoms with van der Waals surface area (Å²) in [6.45, 7) is -2.01. The van der Waals surface area contributed by atoms with Gasteiger partial charge in [0.05, 0.1) is 37.3 Å². The number of hydrogen-bond donors (Lipinski definition) is 2. The van der Waals surface area contributed by atoms with Crippen molar-refractivity contribution in [3.63, 3.8) is 0 Å². The molecule has 1 atom stereocenters. The van der Waals surface area contributed by atoms with E-state index in [1.165, 1.54) is 24.2 Å². The van der Waals surface area contributed by atoms with E-state index in [0.717, 1.165) is 0 Å². The third-order valence-corrected chi connectivity index (χ3v) is 4.80. The Hall–Kier alpha value is -3.73. The number of benzene rings is 1. The molecule has 0 aliphatic carbocycles. The molecule has 10 nitrogen and oxygen atoms in total. The standard InChI is InChI=1S/C21H23FN6O4/c1-23-21(29)17-15(9-16(26-19(17)22)32-12-7-8-31-10-12)25-14-6-4-5-13(18(14)30-3)20-24-11-28(2)27-20/h4-6,9,11-12H,7-8,10H2,1-3H3,(H,23,29)(H,25,26)/i1D3. The Bertz CT molecular complexity index is 1230. The summed E-state index contributed by atoms with van der Waals surface area (Å²) in [6, 6.07) is 6.40. The second kappa shape index (κ2) is 9.18. The van der Waals surface area contributed by atoms with Crippen LogP contribution in [0.4, 0.5) is 15.8 Å². The third-order valence-electron chi connectivity index (χ3n) is 4.80. The van der Waals surface area contributed by atoms with E-state index in [0.29, 0.717) is 42.5 Å². The first-order valence-electron chi connectivity index (χ1n) is 11.2. The van der Waals surface area contributed by atoms with Gasteiger partial charge in [-0.1, -0.05) is 6.07 Å². The highest BCUT2D eigenvalue weighted by Crippen LogP contribution is 2.38. The van der Waals surface area contributed by atoms with E-state index in [1.54, 1.807) is 30.6 Å². The molecule has 1 aliphatic rings.